The summed E-state index contributed by atoms with van der Waals surface area (Å²) >= 11 is 0. The molecule has 1 unspecified atom stereocenters. The molecule has 19 heavy (non-hydrogen) atoms. The summed E-state index contributed by atoms with van der Waals surface area (Å²) in [4.78, 5) is 6.59. The third-order valence-electron chi connectivity index (χ3n) is 3.06. The lowest BCUT2D eigenvalue weighted by Gasteiger charge is -2.18. The summed E-state index contributed by atoms with van der Waals surface area (Å²) in [5.41, 5.74) is 1.13. The van der Waals surface area contributed by atoms with Gasteiger partial charge in [0.05, 0.1) is 0 Å². The zero-order valence-electron chi connectivity index (χ0n) is 11.9. The van der Waals surface area contributed by atoms with Crippen LogP contribution in [-0.4, -0.2) is 41.1 Å². The van der Waals surface area contributed by atoms with Crippen LogP contribution in [0.2, 0.25) is 0 Å². The molecular weight excluding hydrogens is 236 g/mol. The van der Waals surface area contributed by atoms with Gasteiger partial charge >= 0.3 is 0 Å². The molecule has 0 saturated heterocycles. The molecule has 0 aliphatic carbocycles. The van der Waals surface area contributed by atoms with Gasteiger partial charge in [0.15, 0.2) is 0 Å². The molecule has 0 amide bonds. The highest BCUT2D eigenvalue weighted by Gasteiger charge is 2.08. The van der Waals surface area contributed by atoms with Crippen LogP contribution in [0.1, 0.15) is 13.3 Å². The van der Waals surface area contributed by atoms with Gasteiger partial charge in [-0.2, -0.15) is 0 Å². The second kappa shape index (κ2) is 6.38. The quantitative estimate of drug-likeness (QED) is 0.864. The predicted octanol–water partition coefficient (Wildman–Crippen LogP) is 2.62. The zero-order chi connectivity index (χ0) is 13.7. The number of nitrogens with zero attached hydrogens (tertiary/aromatic N) is 3. The average molecular weight is 258 g/mol. The van der Waals surface area contributed by atoms with Crippen LogP contribution in [0.4, 0.5) is 5.95 Å². The predicted molar refractivity (Wildman–Crippen MR) is 79.8 cm³/mol. The number of aromatic nitrogens is 2. The molecule has 0 aliphatic heterocycles. The molecule has 1 heterocycles. The van der Waals surface area contributed by atoms with Gasteiger partial charge in [0.1, 0.15) is 0 Å². The van der Waals surface area contributed by atoms with Crippen LogP contribution in [0, 0.1) is 0 Å². The normalized spacial score (nSPS) is 12.6. The summed E-state index contributed by atoms with van der Waals surface area (Å²) in [5, 5.41) is 3.47. The molecule has 0 saturated carbocycles. The minimum Gasteiger partial charge on any atom is -0.353 e. The Labute approximate surface area is 115 Å². The van der Waals surface area contributed by atoms with Crippen molar-refractivity contribution in [3.63, 3.8) is 0 Å². The van der Waals surface area contributed by atoms with Gasteiger partial charge in [0.25, 0.3) is 0 Å². The highest BCUT2D eigenvalue weighted by Crippen LogP contribution is 2.15. The highest BCUT2D eigenvalue weighted by molar-refractivity contribution is 5.41. The van der Waals surface area contributed by atoms with Crippen molar-refractivity contribution in [2.75, 3.05) is 26.0 Å². The second-order valence-corrected chi connectivity index (χ2v) is 5.09. The Balaban J connectivity index is 2.04. The summed E-state index contributed by atoms with van der Waals surface area (Å²) in [6, 6.07) is 10.7. The third kappa shape index (κ3) is 3.83. The van der Waals surface area contributed by atoms with Crippen molar-refractivity contribution >= 4 is 5.95 Å². The van der Waals surface area contributed by atoms with Gasteiger partial charge in [-0.1, -0.05) is 18.2 Å². The zero-order valence-corrected chi connectivity index (χ0v) is 11.9. The first kappa shape index (κ1) is 13.6. The number of benzene rings is 1. The van der Waals surface area contributed by atoms with E-state index in [0.717, 1.165) is 24.6 Å². The Bertz CT molecular complexity index is 490. The molecule has 0 radical (unpaired) electrons. The van der Waals surface area contributed by atoms with Gasteiger partial charge in [0, 0.05) is 24.1 Å². The lowest BCUT2D eigenvalue weighted by molar-refractivity contribution is 0.390. The smallest absolute Gasteiger partial charge is 0.207 e. The molecule has 0 spiro atoms. The first-order valence-electron chi connectivity index (χ1n) is 6.67. The molecule has 4 nitrogen and oxygen atoms in total. The van der Waals surface area contributed by atoms with E-state index in [1.54, 1.807) is 0 Å². The van der Waals surface area contributed by atoms with Crippen LogP contribution >= 0.6 is 0 Å². The van der Waals surface area contributed by atoms with E-state index in [0.29, 0.717) is 6.04 Å². The molecule has 4 heteroatoms. The van der Waals surface area contributed by atoms with Gasteiger partial charge in [-0.15, -0.1) is 0 Å². The number of hydrogen-bond donors (Lipinski definition) is 1. The van der Waals surface area contributed by atoms with Crippen molar-refractivity contribution in [1.29, 1.82) is 0 Å². The van der Waals surface area contributed by atoms with E-state index in [1.807, 2.05) is 30.6 Å². The summed E-state index contributed by atoms with van der Waals surface area (Å²) in [5.74, 6) is 0.900. The molecule has 0 aliphatic rings. The van der Waals surface area contributed by atoms with Crippen LogP contribution in [0.5, 0.6) is 0 Å². The van der Waals surface area contributed by atoms with E-state index in [2.05, 4.69) is 52.9 Å². The van der Waals surface area contributed by atoms with Gasteiger partial charge in [0.2, 0.25) is 5.95 Å². The van der Waals surface area contributed by atoms with E-state index in [-0.39, 0.29) is 0 Å². The lowest BCUT2D eigenvalue weighted by atomic mass is 10.2. The average Bonchev–Trinajstić information content (AvgIpc) is 2.85. The molecular formula is C15H22N4. The Morgan fingerprint density at radius 2 is 2.00 bits per heavy atom. The third-order valence-corrected chi connectivity index (χ3v) is 3.06. The van der Waals surface area contributed by atoms with Crippen molar-refractivity contribution in [3.05, 3.63) is 42.7 Å². The summed E-state index contributed by atoms with van der Waals surface area (Å²) in [6.07, 6.45) is 4.90. The SMILES string of the molecule is CC(CCN(C)C)Nc1nccn1-c1ccccc1. The molecule has 1 N–H and O–H groups in total. The molecule has 0 bridgehead atoms. The summed E-state index contributed by atoms with van der Waals surface area (Å²) in [7, 11) is 4.19. The lowest BCUT2D eigenvalue weighted by Crippen LogP contribution is -2.24. The summed E-state index contributed by atoms with van der Waals surface area (Å²) < 4.78 is 2.08. The molecule has 2 aromatic rings. The molecule has 0 fully saturated rings. The number of anilines is 1. The first-order chi connectivity index (χ1) is 9.16. The van der Waals surface area contributed by atoms with Crippen molar-refractivity contribution in [2.45, 2.75) is 19.4 Å². The number of para-hydroxylation sites is 1. The monoisotopic (exact) mass is 258 g/mol. The number of hydrogen-bond acceptors (Lipinski definition) is 3. The second-order valence-electron chi connectivity index (χ2n) is 5.09. The van der Waals surface area contributed by atoms with Crippen LogP contribution in [0.25, 0.3) is 5.69 Å². The largest absolute Gasteiger partial charge is 0.353 e. The fourth-order valence-electron chi connectivity index (χ4n) is 1.95. The Hall–Kier alpha value is -1.81. The highest BCUT2D eigenvalue weighted by atomic mass is 15.2. The topological polar surface area (TPSA) is 33.1 Å². The Morgan fingerprint density at radius 1 is 1.26 bits per heavy atom. The fourth-order valence-corrected chi connectivity index (χ4v) is 1.95. The van der Waals surface area contributed by atoms with E-state index in [9.17, 15) is 0 Å². The van der Waals surface area contributed by atoms with Crippen LogP contribution < -0.4 is 5.32 Å². The maximum Gasteiger partial charge on any atom is 0.207 e. The van der Waals surface area contributed by atoms with Crippen LogP contribution in [-0.2, 0) is 0 Å². The van der Waals surface area contributed by atoms with Gasteiger partial charge in [-0.3, -0.25) is 4.57 Å². The molecule has 1 aromatic heterocycles. The van der Waals surface area contributed by atoms with Crippen molar-refractivity contribution in [2.24, 2.45) is 0 Å². The standard InChI is InChI=1S/C15H22N4/c1-13(9-11-18(2)3)17-15-16-10-12-19(15)14-7-5-4-6-8-14/h4-8,10,12-13H,9,11H2,1-3H3,(H,16,17). The Kier molecular flexibility index (Phi) is 4.58. The van der Waals surface area contributed by atoms with E-state index in [4.69, 9.17) is 0 Å². The van der Waals surface area contributed by atoms with Crippen LogP contribution in [0.3, 0.4) is 0 Å². The van der Waals surface area contributed by atoms with Crippen molar-refractivity contribution < 1.29 is 0 Å². The molecule has 1 aromatic carbocycles. The van der Waals surface area contributed by atoms with E-state index in [1.165, 1.54) is 0 Å². The van der Waals surface area contributed by atoms with Crippen LogP contribution in [0.15, 0.2) is 42.7 Å². The van der Waals surface area contributed by atoms with Gasteiger partial charge in [-0.05, 0) is 46.1 Å². The molecule has 1 atom stereocenters. The molecule has 2 rings (SSSR count). The van der Waals surface area contributed by atoms with Gasteiger partial charge < -0.3 is 10.2 Å². The van der Waals surface area contributed by atoms with Crippen molar-refractivity contribution in [3.8, 4) is 5.69 Å². The summed E-state index contributed by atoms with van der Waals surface area (Å²) in [6.45, 7) is 3.26. The minimum atomic E-state index is 0.396. The number of rotatable bonds is 6. The van der Waals surface area contributed by atoms with E-state index < -0.39 is 0 Å². The number of nitrogens with one attached hydrogen (secondary N) is 1. The Morgan fingerprint density at radius 3 is 2.68 bits per heavy atom. The van der Waals surface area contributed by atoms with E-state index >= 15 is 0 Å². The van der Waals surface area contributed by atoms with Crippen molar-refractivity contribution in [1.82, 2.24) is 14.5 Å². The fraction of sp³-hybridized carbons (Fsp3) is 0.400. The van der Waals surface area contributed by atoms with Gasteiger partial charge in [-0.25, -0.2) is 4.98 Å². The maximum atomic E-state index is 4.40. The first-order valence-corrected chi connectivity index (χ1v) is 6.67. The minimum absolute atomic E-state index is 0.396. The maximum absolute atomic E-state index is 4.40. The molecule has 102 valence electrons. The number of imidazole rings is 1.